The first kappa shape index (κ1) is 24.5. The van der Waals surface area contributed by atoms with Crippen LogP contribution in [0, 0.1) is 13.8 Å². The van der Waals surface area contributed by atoms with Crippen LogP contribution in [0.5, 0.6) is 11.5 Å². The third-order valence-electron chi connectivity index (χ3n) is 5.32. The first-order valence-electron chi connectivity index (χ1n) is 10.9. The summed E-state index contributed by atoms with van der Waals surface area (Å²) in [6, 6.07) is 20.3. The Morgan fingerprint density at radius 1 is 1.09 bits per heavy atom. The van der Waals surface area contributed by atoms with Crippen molar-refractivity contribution in [1.82, 2.24) is 0 Å². The van der Waals surface area contributed by atoms with Gasteiger partial charge >= 0.3 is 0 Å². The van der Waals surface area contributed by atoms with Gasteiger partial charge in [-0.15, -0.1) is 0 Å². The van der Waals surface area contributed by atoms with E-state index in [9.17, 15) is 9.59 Å². The number of amides is 2. The van der Waals surface area contributed by atoms with Gasteiger partial charge in [0.2, 0.25) is 0 Å². The number of thioether (sulfide) groups is 1. The van der Waals surface area contributed by atoms with Gasteiger partial charge in [0.05, 0.1) is 23.4 Å². The predicted molar refractivity (Wildman–Crippen MR) is 145 cm³/mol. The van der Waals surface area contributed by atoms with E-state index in [1.54, 1.807) is 42.4 Å². The van der Waals surface area contributed by atoms with Gasteiger partial charge in [-0.1, -0.05) is 65.9 Å². The van der Waals surface area contributed by atoms with Gasteiger partial charge in [-0.05, 0) is 61.4 Å². The number of nitrogens with zero attached hydrogens (tertiary/aromatic N) is 1. The SMILES string of the molecule is COc1ccccc1NC(=O)COc1ccc(/C=C2/SC(=S)N(c3ccc(C)cc3C)C2=O)cc1. The summed E-state index contributed by atoms with van der Waals surface area (Å²) < 4.78 is 11.3. The van der Waals surface area contributed by atoms with Gasteiger partial charge in [-0.2, -0.15) is 0 Å². The number of hydrogen-bond acceptors (Lipinski definition) is 6. The normalized spacial score (nSPS) is 14.4. The van der Waals surface area contributed by atoms with Gasteiger partial charge in [0, 0.05) is 0 Å². The van der Waals surface area contributed by atoms with Crippen molar-refractivity contribution >= 4 is 57.6 Å². The second kappa shape index (κ2) is 10.8. The Hall–Kier alpha value is -3.62. The lowest BCUT2D eigenvalue weighted by atomic mass is 10.1. The lowest BCUT2D eigenvalue weighted by molar-refractivity contribution is -0.118. The van der Waals surface area contributed by atoms with E-state index in [1.165, 1.54) is 11.8 Å². The number of rotatable bonds is 7. The summed E-state index contributed by atoms with van der Waals surface area (Å²) >= 11 is 6.77. The fourth-order valence-corrected chi connectivity index (χ4v) is 4.91. The van der Waals surface area contributed by atoms with E-state index in [0.29, 0.717) is 26.4 Å². The summed E-state index contributed by atoms with van der Waals surface area (Å²) in [4.78, 5) is 27.5. The number of benzene rings is 3. The molecule has 0 unspecified atom stereocenters. The lowest BCUT2D eigenvalue weighted by Gasteiger charge is -2.17. The van der Waals surface area contributed by atoms with Gasteiger partial charge in [0.25, 0.3) is 11.8 Å². The fourth-order valence-electron chi connectivity index (χ4n) is 3.63. The van der Waals surface area contributed by atoms with Crippen molar-refractivity contribution in [2.75, 3.05) is 23.9 Å². The number of hydrogen-bond donors (Lipinski definition) is 1. The van der Waals surface area contributed by atoms with Gasteiger partial charge < -0.3 is 14.8 Å². The molecule has 4 rings (SSSR count). The van der Waals surface area contributed by atoms with Crippen LogP contribution in [0.3, 0.4) is 0 Å². The van der Waals surface area contributed by atoms with Crippen molar-refractivity contribution in [2.24, 2.45) is 0 Å². The number of para-hydroxylation sites is 2. The molecule has 0 spiro atoms. The third kappa shape index (κ3) is 5.72. The van der Waals surface area contributed by atoms with Gasteiger partial charge in [-0.25, -0.2) is 0 Å². The van der Waals surface area contributed by atoms with E-state index in [1.807, 2.05) is 56.3 Å². The maximum Gasteiger partial charge on any atom is 0.270 e. The molecule has 1 saturated heterocycles. The van der Waals surface area contributed by atoms with Crippen LogP contribution in [0.15, 0.2) is 71.6 Å². The molecule has 1 N–H and O–H groups in total. The van der Waals surface area contributed by atoms with Crippen molar-refractivity contribution in [2.45, 2.75) is 13.8 Å². The topological polar surface area (TPSA) is 67.9 Å². The van der Waals surface area contributed by atoms with Crippen molar-refractivity contribution < 1.29 is 19.1 Å². The van der Waals surface area contributed by atoms with Gasteiger partial charge in [0.1, 0.15) is 11.5 Å². The fraction of sp³-hybridized carbons (Fsp3) is 0.148. The molecular weight excluding hydrogens is 480 g/mol. The highest BCUT2D eigenvalue weighted by Gasteiger charge is 2.34. The Kier molecular flexibility index (Phi) is 7.53. The second-order valence-corrected chi connectivity index (χ2v) is 9.59. The summed E-state index contributed by atoms with van der Waals surface area (Å²) in [7, 11) is 1.55. The average molecular weight is 505 g/mol. The minimum Gasteiger partial charge on any atom is -0.495 e. The maximum atomic E-state index is 13.1. The standard InChI is InChI=1S/C27H24N2O4S2/c1-17-8-13-22(18(2)14-17)29-26(31)24(35-27(29)34)15-19-9-11-20(12-10-19)33-16-25(30)28-21-6-4-5-7-23(21)32-3/h4-15H,16H2,1-3H3,(H,28,30)/b24-15+. The van der Waals surface area contributed by atoms with E-state index in [-0.39, 0.29) is 18.4 Å². The molecule has 6 nitrogen and oxygen atoms in total. The second-order valence-electron chi connectivity index (χ2n) is 7.91. The summed E-state index contributed by atoms with van der Waals surface area (Å²) in [6.45, 7) is 3.84. The third-order valence-corrected chi connectivity index (χ3v) is 6.62. The molecule has 1 aliphatic heterocycles. The van der Waals surface area contributed by atoms with Crippen LogP contribution in [0.25, 0.3) is 6.08 Å². The molecule has 0 saturated carbocycles. The zero-order valence-corrected chi connectivity index (χ0v) is 21.2. The number of ether oxygens (including phenoxy) is 2. The highest BCUT2D eigenvalue weighted by atomic mass is 32.2. The monoisotopic (exact) mass is 504 g/mol. The Morgan fingerprint density at radius 2 is 1.83 bits per heavy atom. The number of aryl methyl sites for hydroxylation is 2. The molecule has 1 fully saturated rings. The molecule has 2 amide bonds. The van der Waals surface area contributed by atoms with Crippen molar-refractivity contribution in [3.8, 4) is 11.5 Å². The van der Waals surface area contributed by atoms with E-state index >= 15 is 0 Å². The number of carbonyl (C=O) groups excluding carboxylic acids is 2. The summed E-state index contributed by atoms with van der Waals surface area (Å²) in [5.74, 6) is 0.683. The highest BCUT2D eigenvalue weighted by molar-refractivity contribution is 8.27. The summed E-state index contributed by atoms with van der Waals surface area (Å²) in [5.41, 5.74) is 4.34. The molecule has 0 aromatic heterocycles. The average Bonchev–Trinajstić information content (AvgIpc) is 3.11. The number of nitrogens with one attached hydrogen (secondary N) is 1. The Balaban J connectivity index is 1.39. The molecule has 178 valence electrons. The number of methoxy groups -OCH3 is 1. The molecule has 35 heavy (non-hydrogen) atoms. The summed E-state index contributed by atoms with van der Waals surface area (Å²) in [6.07, 6.45) is 1.81. The Bertz CT molecular complexity index is 1320. The van der Waals surface area contributed by atoms with Crippen LogP contribution in [0.1, 0.15) is 16.7 Å². The quantitative estimate of drug-likeness (QED) is 0.327. The molecule has 0 aliphatic carbocycles. The van der Waals surface area contributed by atoms with Crippen molar-refractivity contribution in [3.63, 3.8) is 0 Å². The maximum absolute atomic E-state index is 13.1. The minimum atomic E-state index is -0.298. The van der Waals surface area contributed by atoms with Crippen LogP contribution < -0.4 is 19.7 Å². The van der Waals surface area contributed by atoms with E-state index < -0.39 is 0 Å². The first-order valence-corrected chi connectivity index (χ1v) is 12.1. The smallest absolute Gasteiger partial charge is 0.270 e. The van der Waals surface area contributed by atoms with Crippen molar-refractivity contribution in [1.29, 1.82) is 0 Å². The lowest BCUT2D eigenvalue weighted by Crippen LogP contribution is -2.28. The molecule has 1 heterocycles. The van der Waals surface area contributed by atoms with Crippen LogP contribution >= 0.6 is 24.0 Å². The Morgan fingerprint density at radius 3 is 2.54 bits per heavy atom. The number of thiocarbonyl (C=S) groups is 1. The van der Waals surface area contributed by atoms with Gasteiger partial charge in [0.15, 0.2) is 10.9 Å². The highest BCUT2D eigenvalue weighted by Crippen LogP contribution is 2.37. The predicted octanol–water partition coefficient (Wildman–Crippen LogP) is 5.74. The van der Waals surface area contributed by atoms with E-state index in [2.05, 4.69) is 5.32 Å². The largest absolute Gasteiger partial charge is 0.495 e. The van der Waals surface area contributed by atoms with Crippen LogP contribution in [0.4, 0.5) is 11.4 Å². The molecule has 3 aromatic rings. The molecular formula is C27H24N2O4S2. The molecule has 0 bridgehead atoms. The zero-order chi connectivity index (χ0) is 24.9. The summed E-state index contributed by atoms with van der Waals surface area (Å²) in [5, 5.41) is 2.77. The van der Waals surface area contributed by atoms with E-state index in [4.69, 9.17) is 21.7 Å². The van der Waals surface area contributed by atoms with Crippen LogP contribution in [0.2, 0.25) is 0 Å². The Labute approximate surface area is 213 Å². The van der Waals surface area contributed by atoms with Gasteiger partial charge in [-0.3, -0.25) is 14.5 Å². The molecule has 0 atom stereocenters. The van der Waals surface area contributed by atoms with Crippen LogP contribution in [-0.4, -0.2) is 29.9 Å². The minimum absolute atomic E-state index is 0.139. The molecule has 3 aromatic carbocycles. The number of anilines is 2. The van der Waals surface area contributed by atoms with Crippen LogP contribution in [-0.2, 0) is 9.59 Å². The zero-order valence-electron chi connectivity index (χ0n) is 19.5. The first-order chi connectivity index (χ1) is 16.9. The van der Waals surface area contributed by atoms with Crippen molar-refractivity contribution in [3.05, 3.63) is 88.3 Å². The van der Waals surface area contributed by atoms with E-state index in [0.717, 1.165) is 22.4 Å². The molecule has 0 radical (unpaired) electrons. The number of carbonyl (C=O) groups is 2. The molecule has 1 aliphatic rings. The molecule has 8 heteroatoms.